The first kappa shape index (κ1) is 22.7. The van der Waals surface area contributed by atoms with Crippen LogP contribution < -0.4 is 4.74 Å². The average molecular weight is 430 g/mol. The number of halogens is 2. The van der Waals surface area contributed by atoms with Gasteiger partial charge in [0.15, 0.2) is 0 Å². The maximum atomic E-state index is 14.2. The zero-order valence-corrected chi connectivity index (χ0v) is 17.7. The summed E-state index contributed by atoms with van der Waals surface area (Å²) >= 11 is 0. The monoisotopic (exact) mass is 430 g/mol. The number of carbonyl (C=O) groups excluding carboxylic acids is 1. The predicted octanol–water partition coefficient (Wildman–Crippen LogP) is 4.76. The summed E-state index contributed by atoms with van der Waals surface area (Å²) in [6, 6.07) is 10.6. The van der Waals surface area contributed by atoms with Crippen LogP contribution in [0.1, 0.15) is 24.0 Å². The second-order valence-corrected chi connectivity index (χ2v) is 7.70. The topological polar surface area (TPSA) is 42.0 Å². The van der Waals surface area contributed by atoms with Crippen LogP contribution >= 0.6 is 0 Å². The Labute approximate surface area is 181 Å². The van der Waals surface area contributed by atoms with Gasteiger partial charge < -0.3 is 19.3 Å². The molecule has 0 atom stereocenters. The quantitative estimate of drug-likeness (QED) is 0.566. The van der Waals surface area contributed by atoms with Crippen molar-refractivity contribution in [2.24, 2.45) is 0 Å². The number of rotatable bonds is 8. The van der Waals surface area contributed by atoms with Crippen LogP contribution in [-0.2, 0) is 17.9 Å². The summed E-state index contributed by atoms with van der Waals surface area (Å²) in [5.41, 5.74) is 1.08. The Bertz CT molecular complexity index is 881. The average Bonchev–Trinajstić information content (AvgIpc) is 2.77. The van der Waals surface area contributed by atoms with Gasteiger partial charge in [-0.2, -0.15) is 0 Å². The summed E-state index contributed by atoms with van der Waals surface area (Å²) in [6.07, 6.45) is 2.69. The minimum absolute atomic E-state index is 0.0354. The van der Waals surface area contributed by atoms with Gasteiger partial charge in [-0.3, -0.25) is 0 Å². The van der Waals surface area contributed by atoms with E-state index < -0.39 is 17.7 Å². The lowest BCUT2D eigenvalue weighted by Gasteiger charge is -2.36. The lowest BCUT2D eigenvalue weighted by atomic mass is 10.0. The number of ether oxygens (including phenoxy) is 2. The van der Waals surface area contributed by atoms with Crippen molar-refractivity contribution in [2.75, 3.05) is 26.7 Å². The summed E-state index contributed by atoms with van der Waals surface area (Å²) < 4.78 is 38.5. The number of nitrogens with zero attached hydrogens (tertiary/aromatic N) is 2. The van der Waals surface area contributed by atoms with Crippen LogP contribution in [0.4, 0.5) is 13.6 Å². The Balaban J connectivity index is 1.67. The van der Waals surface area contributed by atoms with E-state index in [0.717, 1.165) is 37.6 Å². The number of amides is 1. The van der Waals surface area contributed by atoms with Crippen molar-refractivity contribution in [3.8, 4) is 5.75 Å². The third-order valence-corrected chi connectivity index (χ3v) is 5.37. The summed E-state index contributed by atoms with van der Waals surface area (Å²) in [4.78, 5) is 16.7. The van der Waals surface area contributed by atoms with Gasteiger partial charge in [0.2, 0.25) is 0 Å². The van der Waals surface area contributed by atoms with E-state index in [2.05, 4.69) is 11.5 Å². The van der Waals surface area contributed by atoms with Crippen molar-refractivity contribution in [3.63, 3.8) is 0 Å². The molecule has 5 nitrogen and oxygen atoms in total. The fourth-order valence-corrected chi connectivity index (χ4v) is 3.55. The summed E-state index contributed by atoms with van der Waals surface area (Å²) in [5.74, 6) is -0.606. The first-order valence-corrected chi connectivity index (χ1v) is 10.3. The second-order valence-electron chi connectivity index (χ2n) is 7.70. The first-order valence-electron chi connectivity index (χ1n) is 10.3. The van der Waals surface area contributed by atoms with Crippen molar-refractivity contribution in [1.29, 1.82) is 0 Å². The molecule has 0 unspecified atom stereocenters. The number of piperidine rings is 1. The minimum atomic E-state index is -0.666. The smallest absolute Gasteiger partial charge is 0.410 e. The number of carbonyl (C=O) groups is 1. The molecule has 31 heavy (non-hydrogen) atoms. The molecular weight excluding hydrogens is 402 g/mol. The van der Waals surface area contributed by atoms with Crippen LogP contribution in [0.25, 0.3) is 0 Å². The van der Waals surface area contributed by atoms with Crippen LogP contribution in [-0.4, -0.2) is 48.7 Å². The third-order valence-electron chi connectivity index (χ3n) is 5.37. The van der Waals surface area contributed by atoms with Gasteiger partial charge in [0.1, 0.15) is 30.6 Å². The Morgan fingerprint density at radius 1 is 1.19 bits per heavy atom. The molecule has 2 aromatic rings. The molecule has 166 valence electrons. The molecule has 3 rings (SSSR count). The van der Waals surface area contributed by atoms with Gasteiger partial charge in [0, 0.05) is 17.7 Å². The van der Waals surface area contributed by atoms with Gasteiger partial charge in [-0.05, 0) is 56.7 Å². The molecule has 1 aliphatic rings. The van der Waals surface area contributed by atoms with Crippen LogP contribution in [0.2, 0.25) is 0 Å². The molecule has 1 fully saturated rings. The highest BCUT2D eigenvalue weighted by atomic mass is 19.1. The van der Waals surface area contributed by atoms with E-state index in [1.165, 1.54) is 12.1 Å². The molecule has 0 aromatic heterocycles. The summed E-state index contributed by atoms with van der Waals surface area (Å²) in [5, 5.41) is 0. The van der Waals surface area contributed by atoms with Gasteiger partial charge in [-0.1, -0.05) is 30.9 Å². The number of likely N-dealkylation sites (tertiary alicyclic amines) is 1. The number of hydrogen-bond acceptors (Lipinski definition) is 4. The van der Waals surface area contributed by atoms with Gasteiger partial charge in [-0.25, -0.2) is 13.6 Å². The molecule has 1 aliphatic heterocycles. The second kappa shape index (κ2) is 10.9. The fourth-order valence-electron chi connectivity index (χ4n) is 3.55. The lowest BCUT2D eigenvalue weighted by Crippen LogP contribution is -2.46. The molecule has 1 heterocycles. The minimum Gasteiger partial charge on any atom is -0.490 e. The SMILES string of the molecule is C=CCOc1ccc(COC(=O)N(Cc2ccc(F)cc2F)C2CCN(C)CC2)cc1. The van der Waals surface area contributed by atoms with Crippen molar-refractivity contribution in [2.45, 2.75) is 32.0 Å². The molecule has 0 bridgehead atoms. The maximum Gasteiger partial charge on any atom is 0.410 e. The lowest BCUT2D eigenvalue weighted by molar-refractivity contribution is 0.0599. The summed E-state index contributed by atoms with van der Waals surface area (Å²) in [7, 11) is 2.03. The molecule has 1 saturated heterocycles. The molecular formula is C24H28F2N2O3. The maximum absolute atomic E-state index is 14.2. The summed E-state index contributed by atoms with van der Waals surface area (Å²) in [6.45, 7) is 5.83. The first-order chi connectivity index (χ1) is 15.0. The van der Waals surface area contributed by atoms with E-state index in [0.29, 0.717) is 12.4 Å². The van der Waals surface area contributed by atoms with Crippen molar-refractivity contribution in [3.05, 3.63) is 77.9 Å². The van der Waals surface area contributed by atoms with Gasteiger partial charge in [0.05, 0.1) is 6.54 Å². The van der Waals surface area contributed by atoms with Crippen LogP contribution in [0.3, 0.4) is 0 Å². The highest BCUT2D eigenvalue weighted by molar-refractivity contribution is 5.68. The van der Waals surface area contributed by atoms with E-state index >= 15 is 0 Å². The largest absolute Gasteiger partial charge is 0.490 e. The normalized spacial score (nSPS) is 14.8. The number of hydrogen-bond donors (Lipinski definition) is 0. The standard InChI is InChI=1S/C24H28F2N2O3/c1-3-14-30-22-8-4-18(5-9-22)17-31-24(29)28(21-10-12-27(2)13-11-21)16-19-6-7-20(25)15-23(19)26/h3-9,15,21H,1,10-14,16-17H2,2H3. The molecule has 7 heteroatoms. The molecule has 2 aromatic carbocycles. The Kier molecular flexibility index (Phi) is 8.00. The van der Waals surface area contributed by atoms with Crippen molar-refractivity contribution in [1.82, 2.24) is 9.80 Å². The van der Waals surface area contributed by atoms with Gasteiger partial charge in [0.25, 0.3) is 0 Å². The van der Waals surface area contributed by atoms with Crippen LogP contribution in [0.5, 0.6) is 5.75 Å². The van der Waals surface area contributed by atoms with E-state index in [9.17, 15) is 13.6 Å². The molecule has 0 spiro atoms. The highest BCUT2D eigenvalue weighted by Gasteiger charge is 2.29. The Morgan fingerprint density at radius 3 is 2.55 bits per heavy atom. The fraction of sp³-hybridized carbons (Fsp3) is 0.375. The molecule has 0 aliphatic carbocycles. The van der Waals surface area contributed by atoms with E-state index in [1.807, 2.05) is 19.2 Å². The van der Waals surface area contributed by atoms with Crippen LogP contribution in [0, 0.1) is 11.6 Å². The Hall–Kier alpha value is -2.93. The van der Waals surface area contributed by atoms with E-state index in [-0.39, 0.29) is 24.8 Å². The van der Waals surface area contributed by atoms with E-state index in [4.69, 9.17) is 9.47 Å². The number of benzene rings is 2. The van der Waals surface area contributed by atoms with Gasteiger partial charge >= 0.3 is 6.09 Å². The zero-order chi connectivity index (χ0) is 22.2. The third kappa shape index (κ3) is 6.52. The van der Waals surface area contributed by atoms with Crippen molar-refractivity contribution >= 4 is 6.09 Å². The van der Waals surface area contributed by atoms with Crippen molar-refractivity contribution < 1.29 is 23.0 Å². The van der Waals surface area contributed by atoms with E-state index in [1.54, 1.807) is 23.1 Å². The molecule has 0 N–H and O–H groups in total. The molecule has 0 radical (unpaired) electrons. The molecule has 1 amide bonds. The van der Waals surface area contributed by atoms with Crippen LogP contribution in [0.15, 0.2) is 55.1 Å². The van der Waals surface area contributed by atoms with Gasteiger partial charge in [-0.15, -0.1) is 0 Å². The zero-order valence-electron chi connectivity index (χ0n) is 17.7. The predicted molar refractivity (Wildman–Crippen MR) is 115 cm³/mol. The Morgan fingerprint density at radius 2 is 1.90 bits per heavy atom. The molecule has 0 saturated carbocycles. The highest BCUT2D eigenvalue weighted by Crippen LogP contribution is 2.22.